The van der Waals surface area contributed by atoms with Crippen molar-refractivity contribution < 1.29 is 17.9 Å². The fraction of sp³-hybridized carbons (Fsp3) is 0.562. The van der Waals surface area contributed by atoms with Crippen LogP contribution in [0.3, 0.4) is 0 Å². The summed E-state index contributed by atoms with van der Waals surface area (Å²) in [5.41, 5.74) is 1.88. The van der Waals surface area contributed by atoms with Crippen molar-refractivity contribution in [3.63, 3.8) is 0 Å². The van der Waals surface area contributed by atoms with Crippen LogP contribution in [0.15, 0.2) is 23.1 Å². The summed E-state index contributed by atoms with van der Waals surface area (Å²) in [5, 5.41) is 6.02. The van der Waals surface area contributed by atoms with Crippen LogP contribution < -0.4 is 15.4 Å². The van der Waals surface area contributed by atoms with Crippen LogP contribution in [0.1, 0.15) is 11.1 Å². The molecule has 0 unspecified atom stereocenters. The molecule has 2 aliphatic rings. The van der Waals surface area contributed by atoms with Gasteiger partial charge in [-0.2, -0.15) is 0 Å². The van der Waals surface area contributed by atoms with E-state index >= 15 is 0 Å². The van der Waals surface area contributed by atoms with Crippen molar-refractivity contribution in [1.82, 2.24) is 20.3 Å². The lowest BCUT2D eigenvalue weighted by molar-refractivity contribution is -0.120. The third-order valence-corrected chi connectivity index (χ3v) is 5.78. The molecule has 0 atom stereocenters. The molecule has 0 spiro atoms. The van der Waals surface area contributed by atoms with Crippen molar-refractivity contribution in [3.8, 4) is 0 Å². The van der Waals surface area contributed by atoms with Crippen molar-refractivity contribution >= 4 is 15.9 Å². The lowest BCUT2D eigenvalue weighted by atomic mass is 10.1. The Morgan fingerprint density at radius 3 is 2.76 bits per heavy atom. The van der Waals surface area contributed by atoms with Crippen molar-refractivity contribution in [3.05, 3.63) is 29.3 Å². The molecule has 0 aliphatic carbocycles. The number of nitrogens with zero attached hydrogens (tertiary/aromatic N) is 1. The number of piperazine rings is 1. The highest BCUT2D eigenvalue weighted by molar-refractivity contribution is 7.89. The maximum Gasteiger partial charge on any atom is 0.241 e. The Morgan fingerprint density at radius 1 is 1.20 bits per heavy atom. The van der Waals surface area contributed by atoms with Crippen LogP contribution in [0.25, 0.3) is 0 Å². The fourth-order valence-corrected chi connectivity index (χ4v) is 3.94. The van der Waals surface area contributed by atoms with E-state index in [1.807, 2.05) is 0 Å². The number of fused-ring (bicyclic) bond motifs is 1. The highest BCUT2D eigenvalue weighted by Gasteiger charge is 2.19. The maximum absolute atomic E-state index is 12.3. The molecule has 25 heavy (non-hydrogen) atoms. The molecule has 1 amide bonds. The summed E-state index contributed by atoms with van der Waals surface area (Å²) in [6.07, 6.45) is 0. The summed E-state index contributed by atoms with van der Waals surface area (Å²) in [7, 11) is -3.71. The standard InChI is InChI=1S/C16H24N4O4S/c21-16(18-5-8-20-6-3-17-4-7-20)10-19-25(22,23)15-2-1-13-11-24-12-14(13)9-15/h1-2,9,17,19H,3-8,10-12H2,(H,18,21). The van der Waals surface area contributed by atoms with Crippen LogP contribution in [0.4, 0.5) is 0 Å². The van der Waals surface area contributed by atoms with Gasteiger partial charge in [0.2, 0.25) is 15.9 Å². The van der Waals surface area contributed by atoms with E-state index < -0.39 is 10.0 Å². The minimum absolute atomic E-state index is 0.158. The molecule has 2 heterocycles. The normalized spacial score (nSPS) is 18.1. The van der Waals surface area contributed by atoms with Gasteiger partial charge in [0.15, 0.2) is 0 Å². The van der Waals surface area contributed by atoms with Gasteiger partial charge in [-0.15, -0.1) is 0 Å². The molecule has 1 aromatic carbocycles. The minimum Gasteiger partial charge on any atom is -0.372 e. The number of amides is 1. The van der Waals surface area contributed by atoms with E-state index in [1.165, 1.54) is 6.07 Å². The van der Waals surface area contributed by atoms with Gasteiger partial charge >= 0.3 is 0 Å². The molecule has 8 nitrogen and oxygen atoms in total. The number of nitrogens with one attached hydrogen (secondary N) is 3. The largest absolute Gasteiger partial charge is 0.372 e. The molecule has 1 aromatic rings. The zero-order chi connectivity index (χ0) is 17.7. The molecular formula is C16H24N4O4S. The third-order valence-electron chi connectivity index (χ3n) is 4.39. The van der Waals surface area contributed by atoms with Crippen molar-refractivity contribution in [2.45, 2.75) is 18.1 Å². The second-order valence-electron chi connectivity index (χ2n) is 6.19. The maximum atomic E-state index is 12.3. The number of benzene rings is 1. The highest BCUT2D eigenvalue weighted by atomic mass is 32.2. The van der Waals surface area contributed by atoms with Gasteiger partial charge in [0, 0.05) is 39.3 Å². The Labute approximate surface area is 148 Å². The van der Waals surface area contributed by atoms with E-state index in [0.717, 1.165) is 43.9 Å². The number of carbonyl (C=O) groups excluding carboxylic acids is 1. The molecule has 9 heteroatoms. The monoisotopic (exact) mass is 368 g/mol. The Hall–Kier alpha value is -1.52. The average molecular weight is 368 g/mol. The highest BCUT2D eigenvalue weighted by Crippen LogP contribution is 2.22. The molecule has 0 radical (unpaired) electrons. The van der Waals surface area contributed by atoms with Gasteiger partial charge in [-0.25, -0.2) is 13.1 Å². The Kier molecular flexibility index (Phi) is 6.02. The zero-order valence-electron chi connectivity index (χ0n) is 14.1. The van der Waals surface area contributed by atoms with Crippen LogP contribution in [0.2, 0.25) is 0 Å². The first kappa shape index (κ1) is 18.3. The molecule has 3 rings (SSSR count). The van der Waals surface area contributed by atoms with E-state index in [4.69, 9.17) is 4.74 Å². The first-order chi connectivity index (χ1) is 12.0. The van der Waals surface area contributed by atoms with Crippen molar-refractivity contribution in [1.29, 1.82) is 0 Å². The summed E-state index contributed by atoms with van der Waals surface area (Å²) >= 11 is 0. The summed E-state index contributed by atoms with van der Waals surface area (Å²) in [4.78, 5) is 14.3. The molecule has 3 N–H and O–H groups in total. The minimum atomic E-state index is -3.71. The Bertz CT molecular complexity index is 717. The molecule has 138 valence electrons. The first-order valence-corrected chi connectivity index (χ1v) is 9.92. The predicted molar refractivity (Wildman–Crippen MR) is 92.4 cm³/mol. The van der Waals surface area contributed by atoms with Gasteiger partial charge < -0.3 is 15.4 Å². The quantitative estimate of drug-likeness (QED) is 0.572. The van der Waals surface area contributed by atoms with Gasteiger partial charge in [-0.05, 0) is 23.3 Å². The van der Waals surface area contributed by atoms with E-state index in [0.29, 0.717) is 19.8 Å². The number of hydrogen-bond acceptors (Lipinski definition) is 6. The van der Waals surface area contributed by atoms with Crippen molar-refractivity contribution in [2.75, 3.05) is 45.8 Å². The van der Waals surface area contributed by atoms with E-state index in [1.54, 1.807) is 12.1 Å². The summed E-state index contributed by atoms with van der Waals surface area (Å²) in [6, 6.07) is 4.90. The third kappa shape index (κ3) is 4.99. The predicted octanol–water partition coefficient (Wildman–Crippen LogP) is -0.983. The van der Waals surface area contributed by atoms with Gasteiger partial charge in [0.1, 0.15) is 0 Å². The SMILES string of the molecule is O=C(CNS(=O)(=O)c1ccc2c(c1)COC2)NCCN1CCNCC1. The van der Waals surface area contributed by atoms with Crippen molar-refractivity contribution in [2.24, 2.45) is 0 Å². The topological polar surface area (TPSA) is 99.8 Å². The van der Waals surface area contributed by atoms with E-state index in [-0.39, 0.29) is 17.3 Å². The molecule has 2 aliphatic heterocycles. The van der Waals surface area contributed by atoms with Crippen LogP contribution in [-0.2, 0) is 32.8 Å². The van der Waals surface area contributed by atoms with Gasteiger partial charge in [-0.1, -0.05) is 6.07 Å². The van der Waals surface area contributed by atoms with E-state index in [9.17, 15) is 13.2 Å². The van der Waals surface area contributed by atoms with Gasteiger partial charge in [-0.3, -0.25) is 9.69 Å². The average Bonchev–Trinajstić information content (AvgIpc) is 3.09. The van der Waals surface area contributed by atoms with Crippen LogP contribution >= 0.6 is 0 Å². The first-order valence-electron chi connectivity index (χ1n) is 8.43. The Balaban J connectivity index is 1.44. The van der Waals surface area contributed by atoms with E-state index in [2.05, 4.69) is 20.3 Å². The summed E-state index contributed by atoms with van der Waals surface area (Å²) < 4.78 is 32.3. The Morgan fingerprint density at radius 2 is 1.96 bits per heavy atom. The lowest BCUT2D eigenvalue weighted by Crippen LogP contribution is -2.47. The molecule has 0 aromatic heterocycles. The van der Waals surface area contributed by atoms with Gasteiger partial charge in [0.25, 0.3) is 0 Å². The second-order valence-corrected chi connectivity index (χ2v) is 7.96. The van der Waals surface area contributed by atoms with Crippen LogP contribution in [0.5, 0.6) is 0 Å². The number of ether oxygens (including phenoxy) is 1. The summed E-state index contributed by atoms with van der Waals surface area (Å²) in [6.45, 7) is 5.79. The summed E-state index contributed by atoms with van der Waals surface area (Å²) in [5.74, 6) is -0.330. The number of sulfonamides is 1. The molecule has 0 saturated carbocycles. The van der Waals surface area contributed by atoms with Crippen LogP contribution in [0, 0.1) is 0 Å². The number of rotatable bonds is 7. The molecular weight excluding hydrogens is 344 g/mol. The number of hydrogen-bond donors (Lipinski definition) is 3. The van der Waals surface area contributed by atoms with Crippen LogP contribution in [-0.4, -0.2) is 65.0 Å². The fourth-order valence-electron chi connectivity index (χ4n) is 2.91. The molecule has 1 fully saturated rings. The van der Waals surface area contributed by atoms with Gasteiger partial charge in [0.05, 0.1) is 24.7 Å². The number of carbonyl (C=O) groups is 1. The zero-order valence-corrected chi connectivity index (χ0v) is 14.9. The molecule has 1 saturated heterocycles. The lowest BCUT2D eigenvalue weighted by Gasteiger charge is -2.27. The smallest absolute Gasteiger partial charge is 0.241 e. The molecule has 0 bridgehead atoms. The second kappa shape index (κ2) is 8.24.